The number of nitrogen functional groups attached to an aromatic ring is 1. The predicted octanol–water partition coefficient (Wildman–Crippen LogP) is 2.89. The number of nitrogens with zero attached hydrogens (tertiary/aromatic N) is 1. The molecule has 20 heavy (non-hydrogen) atoms. The zero-order chi connectivity index (χ0) is 15.2. The first kappa shape index (κ1) is 16.6. The molecule has 0 aliphatic heterocycles. The molecule has 5 nitrogen and oxygen atoms in total. The van der Waals surface area contributed by atoms with Crippen LogP contribution >= 0.6 is 11.8 Å². The maximum atomic E-state index is 11.6. The highest BCUT2D eigenvalue weighted by Gasteiger charge is 2.16. The highest BCUT2D eigenvalue weighted by molar-refractivity contribution is 7.99. The number of hydrogen-bond acceptors (Lipinski definition) is 6. The molecule has 1 heterocycles. The van der Waals surface area contributed by atoms with Crippen molar-refractivity contribution in [3.05, 3.63) is 12.1 Å². The molecule has 0 bridgehead atoms. The Hall–Kier alpha value is -1.43. The normalized spacial score (nSPS) is 11.2. The van der Waals surface area contributed by atoms with Crippen LogP contribution in [0.25, 0.3) is 0 Å². The Bertz CT molecular complexity index is 458. The zero-order valence-electron chi connectivity index (χ0n) is 12.4. The molecule has 2 N–H and O–H groups in total. The van der Waals surface area contributed by atoms with E-state index >= 15 is 0 Å². The van der Waals surface area contributed by atoms with Gasteiger partial charge in [-0.05, 0) is 39.3 Å². The average molecular weight is 298 g/mol. The van der Waals surface area contributed by atoms with Crippen molar-refractivity contribution in [1.82, 2.24) is 4.98 Å². The third-order valence-electron chi connectivity index (χ3n) is 2.06. The number of nitrogens with two attached hydrogens (primary N) is 1. The number of anilines is 1. The van der Waals surface area contributed by atoms with Gasteiger partial charge in [-0.3, -0.25) is 4.79 Å². The number of hydrogen-bond donors (Lipinski definition) is 1. The second-order valence-corrected chi connectivity index (χ2v) is 6.26. The van der Waals surface area contributed by atoms with Gasteiger partial charge in [0.05, 0.1) is 18.0 Å². The van der Waals surface area contributed by atoms with Crippen LogP contribution in [0.2, 0.25) is 0 Å². The molecule has 0 fully saturated rings. The van der Waals surface area contributed by atoms with E-state index in [0.717, 1.165) is 6.42 Å². The van der Waals surface area contributed by atoms with Crippen molar-refractivity contribution in [2.24, 2.45) is 0 Å². The summed E-state index contributed by atoms with van der Waals surface area (Å²) >= 11 is 1.30. The molecule has 0 radical (unpaired) electrons. The summed E-state index contributed by atoms with van der Waals surface area (Å²) in [6, 6.07) is 3.50. The van der Waals surface area contributed by atoms with Gasteiger partial charge in [0.1, 0.15) is 10.6 Å². The van der Waals surface area contributed by atoms with E-state index in [4.69, 9.17) is 15.2 Å². The molecule has 0 saturated carbocycles. The Morgan fingerprint density at radius 3 is 2.70 bits per heavy atom. The summed E-state index contributed by atoms with van der Waals surface area (Å²) in [4.78, 5) is 15.9. The van der Waals surface area contributed by atoms with Crippen LogP contribution in [0.1, 0.15) is 34.1 Å². The van der Waals surface area contributed by atoms with Crippen molar-refractivity contribution >= 4 is 23.4 Å². The first-order valence-electron chi connectivity index (χ1n) is 6.56. The predicted molar refractivity (Wildman–Crippen MR) is 81.0 cm³/mol. The van der Waals surface area contributed by atoms with E-state index in [1.165, 1.54) is 11.8 Å². The van der Waals surface area contributed by atoms with Gasteiger partial charge in [0.15, 0.2) is 0 Å². The van der Waals surface area contributed by atoms with Gasteiger partial charge < -0.3 is 15.2 Å². The second-order valence-electron chi connectivity index (χ2n) is 5.27. The van der Waals surface area contributed by atoms with Crippen LogP contribution in [0.15, 0.2) is 17.2 Å². The minimum absolute atomic E-state index is 0.210. The minimum Gasteiger partial charge on any atom is -0.476 e. The molecular formula is C14H22N2O3S. The van der Waals surface area contributed by atoms with Crippen LogP contribution in [0.3, 0.4) is 0 Å². The quantitative estimate of drug-likeness (QED) is 0.643. The third-order valence-corrected chi connectivity index (χ3v) is 2.97. The van der Waals surface area contributed by atoms with Crippen LogP contribution in [-0.2, 0) is 9.53 Å². The molecule has 0 aliphatic rings. The van der Waals surface area contributed by atoms with Crippen LogP contribution in [-0.4, -0.2) is 28.9 Å². The highest BCUT2D eigenvalue weighted by atomic mass is 32.2. The molecule has 0 unspecified atom stereocenters. The SMILES string of the molecule is CCCOc1nc(SCC(=O)OC(C)(C)C)ccc1N. The van der Waals surface area contributed by atoms with Gasteiger partial charge in [-0.1, -0.05) is 18.7 Å². The lowest BCUT2D eigenvalue weighted by Crippen LogP contribution is -2.24. The Labute approximate surface area is 124 Å². The lowest BCUT2D eigenvalue weighted by Gasteiger charge is -2.19. The van der Waals surface area contributed by atoms with Gasteiger partial charge in [-0.2, -0.15) is 0 Å². The zero-order valence-corrected chi connectivity index (χ0v) is 13.3. The van der Waals surface area contributed by atoms with E-state index in [1.54, 1.807) is 12.1 Å². The Balaban J connectivity index is 2.58. The summed E-state index contributed by atoms with van der Waals surface area (Å²) in [5.74, 6) is 0.361. The fourth-order valence-corrected chi connectivity index (χ4v) is 1.97. The first-order valence-corrected chi connectivity index (χ1v) is 7.54. The Kier molecular flexibility index (Phi) is 6.13. The van der Waals surface area contributed by atoms with Crippen LogP contribution < -0.4 is 10.5 Å². The lowest BCUT2D eigenvalue weighted by atomic mass is 10.2. The Morgan fingerprint density at radius 2 is 2.10 bits per heavy atom. The van der Waals surface area contributed by atoms with Gasteiger partial charge in [-0.25, -0.2) is 4.98 Å². The molecule has 0 aromatic carbocycles. The molecule has 1 aromatic heterocycles. The first-order chi connectivity index (χ1) is 9.31. The van der Waals surface area contributed by atoms with Gasteiger partial charge in [0, 0.05) is 0 Å². The second kappa shape index (κ2) is 7.38. The van der Waals surface area contributed by atoms with E-state index in [1.807, 2.05) is 27.7 Å². The summed E-state index contributed by atoms with van der Waals surface area (Å²) < 4.78 is 10.7. The highest BCUT2D eigenvalue weighted by Crippen LogP contribution is 2.24. The van der Waals surface area contributed by atoms with E-state index in [0.29, 0.717) is 23.2 Å². The number of ether oxygens (including phenoxy) is 2. The van der Waals surface area contributed by atoms with Crippen molar-refractivity contribution in [2.75, 3.05) is 18.1 Å². The molecule has 0 amide bonds. The fraction of sp³-hybridized carbons (Fsp3) is 0.571. The summed E-state index contributed by atoms with van der Waals surface area (Å²) in [7, 11) is 0. The van der Waals surface area contributed by atoms with Crippen molar-refractivity contribution in [1.29, 1.82) is 0 Å². The molecule has 0 saturated heterocycles. The van der Waals surface area contributed by atoms with Gasteiger partial charge >= 0.3 is 5.97 Å². The number of carbonyl (C=O) groups is 1. The number of rotatable bonds is 6. The van der Waals surface area contributed by atoms with Crippen molar-refractivity contribution < 1.29 is 14.3 Å². The van der Waals surface area contributed by atoms with E-state index in [-0.39, 0.29) is 11.7 Å². The standard InChI is InChI=1S/C14H22N2O3S/c1-5-8-18-13-10(15)6-7-11(16-13)20-9-12(17)19-14(2,3)4/h6-7H,5,8-9,15H2,1-4H3. The molecule has 6 heteroatoms. The van der Waals surface area contributed by atoms with Crippen molar-refractivity contribution in [3.8, 4) is 5.88 Å². The van der Waals surface area contributed by atoms with Crippen LogP contribution in [0.5, 0.6) is 5.88 Å². The maximum absolute atomic E-state index is 11.6. The van der Waals surface area contributed by atoms with E-state index < -0.39 is 5.60 Å². The molecule has 1 rings (SSSR count). The summed E-state index contributed by atoms with van der Waals surface area (Å²) in [5.41, 5.74) is 5.81. The minimum atomic E-state index is -0.471. The Morgan fingerprint density at radius 1 is 1.40 bits per heavy atom. The number of esters is 1. The maximum Gasteiger partial charge on any atom is 0.316 e. The van der Waals surface area contributed by atoms with E-state index in [9.17, 15) is 4.79 Å². The monoisotopic (exact) mass is 298 g/mol. The van der Waals surface area contributed by atoms with E-state index in [2.05, 4.69) is 4.98 Å². The smallest absolute Gasteiger partial charge is 0.316 e. The van der Waals surface area contributed by atoms with Gasteiger partial charge in [0.2, 0.25) is 5.88 Å². The molecule has 0 spiro atoms. The molecule has 0 aliphatic carbocycles. The fourth-order valence-electron chi connectivity index (χ4n) is 1.33. The molecule has 0 atom stereocenters. The summed E-state index contributed by atoms with van der Waals surface area (Å²) in [6.07, 6.45) is 0.885. The van der Waals surface area contributed by atoms with Gasteiger partial charge in [-0.15, -0.1) is 0 Å². The van der Waals surface area contributed by atoms with Crippen molar-refractivity contribution in [3.63, 3.8) is 0 Å². The molecule has 1 aromatic rings. The van der Waals surface area contributed by atoms with Gasteiger partial charge in [0.25, 0.3) is 0 Å². The number of thioether (sulfide) groups is 1. The number of aromatic nitrogens is 1. The van der Waals surface area contributed by atoms with Crippen molar-refractivity contribution in [2.45, 2.75) is 44.7 Å². The molecular weight excluding hydrogens is 276 g/mol. The lowest BCUT2D eigenvalue weighted by molar-refractivity contribution is -0.151. The average Bonchev–Trinajstić information content (AvgIpc) is 2.34. The van der Waals surface area contributed by atoms with Crippen LogP contribution in [0.4, 0.5) is 5.69 Å². The molecule has 112 valence electrons. The number of pyridine rings is 1. The summed E-state index contributed by atoms with van der Waals surface area (Å²) in [5, 5.41) is 0.691. The number of carbonyl (C=O) groups excluding carboxylic acids is 1. The third kappa shape index (κ3) is 6.14. The topological polar surface area (TPSA) is 74.4 Å². The van der Waals surface area contributed by atoms with Crippen LogP contribution in [0, 0.1) is 0 Å². The summed E-state index contributed by atoms with van der Waals surface area (Å²) in [6.45, 7) is 8.10. The largest absolute Gasteiger partial charge is 0.476 e.